The lowest BCUT2D eigenvalue weighted by Gasteiger charge is -2.30. The number of hydrogen-bond donors (Lipinski definition) is 1. The fourth-order valence-electron chi connectivity index (χ4n) is 4.95. The summed E-state index contributed by atoms with van der Waals surface area (Å²) in [5.41, 5.74) is 0.835. The van der Waals surface area contributed by atoms with Gasteiger partial charge in [0.2, 0.25) is 0 Å². The van der Waals surface area contributed by atoms with Crippen molar-refractivity contribution in [3.63, 3.8) is 0 Å². The zero-order chi connectivity index (χ0) is 22.6. The van der Waals surface area contributed by atoms with Crippen molar-refractivity contribution in [2.45, 2.75) is 56.0 Å². The molecule has 0 aromatic rings. The third kappa shape index (κ3) is 3.95. The van der Waals surface area contributed by atoms with Crippen LogP contribution >= 0.6 is 0 Å². The topological polar surface area (TPSA) is 133 Å². The molecule has 31 heavy (non-hydrogen) atoms. The van der Waals surface area contributed by atoms with Gasteiger partial charge in [0.1, 0.15) is 6.10 Å². The summed E-state index contributed by atoms with van der Waals surface area (Å²) < 4.78 is 72.1. The number of rotatable bonds is 7. The van der Waals surface area contributed by atoms with E-state index in [-0.39, 0.29) is 17.8 Å². The predicted octanol–water partition coefficient (Wildman–Crippen LogP) is 1.62. The van der Waals surface area contributed by atoms with E-state index in [2.05, 4.69) is 0 Å². The minimum atomic E-state index is -5.62. The number of fused-ring (bicyclic) bond motifs is 1. The minimum Gasteiger partial charge on any atom is -0.465 e. The molecule has 6 unspecified atom stereocenters. The normalized spacial score (nSPS) is 34.3. The molecule has 6 atom stereocenters. The third-order valence-electron chi connectivity index (χ3n) is 6.57. The summed E-state index contributed by atoms with van der Waals surface area (Å²) in [6.45, 7) is -0.930. The van der Waals surface area contributed by atoms with Gasteiger partial charge in [0.25, 0.3) is 0 Å². The number of hydrogen-bond acceptors (Lipinski definition) is 8. The second kappa shape index (κ2) is 7.80. The van der Waals surface area contributed by atoms with E-state index in [1.165, 1.54) is 0 Å². The molecule has 1 saturated heterocycles. The van der Waals surface area contributed by atoms with Crippen molar-refractivity contribution < 1.29 is 50.3 Å². The van der Waals surface area contributed by atoms with Crippen molar-refractivity contribution in [1.82, 2.24) is 0 Å². The molecular formula is C19H22F2O9S. The molecule has 4 rings (SSSR count). The molecule has 0 spiro atoms. The average Bonchev–Trinajstić information content (AvgIpc) is 3.32. The highest BCUT2D eigenvalue weighted by molar-refractivity contribution is 7.86. The largest absolute Gasteiger partial charge is 0.465 e. The third-order valence-corrected chi connectivity index (χ3v) is 7.52. The molecule has 1 N–H and O–H groups in total. The molecule has 0 aromatic carbocycles. The first-order valence-corrected chi connectivity index (χ1v) is 11.6. The number of ether oxygens (including phenoxy) is 3. The van der Waals surface area contributed by atoms with Crippen LogP contribution < -0.4 is 0 Å². The van der Waals surface area contributed by atoms with Crippen LogP contribution in [0.2, 0.25) is 0 Å². The molecule has 2 bridgehead atoms. The van der Waals surface area contributed by atoms with Crippen molar-refractivity contribution in [3.05, 3.63) is 11.6 Å². The smallest absolute Gasteiger partial charge is 0.373 e. The maximum absolute atomic E-state index is 13.3. The van der Waals surface area contributed by atoms with Crippen molar-refractivity contribution in [2.24, 2.45) is 23.7 Å². The highest BCUT2D eigenvalue weighted by Gasteiger charge is 2.59. The summed E-state index contributed by atoms with van der Waals surface area (Å²) in [5.74, 6) is -3.92. The summed E-state index contributed by atoms with van der Waals surface area (Å²) >= 11 is 0. The molecule has 172 valence electrons. The molecule has 1 aliphatic heterocycles. The van der Waals surface area contributed by atoms with E-state index in [0.717, 1.165) is 5.57 Å². The molecule has 3 fully saturated rings. The Kier molecular flexibility index (Phi) is 5.57. The monoisotopic (exact) mass is 464 g/mol. The van der Waals surface area contributed by atoms with Gasteiger partial charge >= 0.3 is 33.3 Å². The summed E-state index contributed by atoms with van der Waals surface area (Å²) in [7, 11) is -5.62. The van der Waals surface area contributed by atoms with Crippen LogP contribution in [0.25, 0.3) is 0 Å². The lowest BCUT2D eigenvalue weighted by molar-refractivity contribution is -0.169. The summed E-state index contributed by atoms with van der Waals surface area (Å²) in [4.78, 5) is 37.1. The average molecular weight is 464 g/mol. The molecule has 0 radical (unpaired) electrons. The van der Waals surface area contributed by atoms with Crippen LogP contribution in [0.15, 0.2) is 11.6 Å². The Morgan fingerprint density at radius 3 is 2.48 bits per heavy atom. The van der Waals surface area contributed by atoms with Crippen LogP contribution in [0.3, 0.4) is 0 Å². The number of alkyl halides is 2. The van der Waals surface area contributed by atoms with Crippen molar-refractivity contribution in [2.75, 3.05) is 6.61 Å². The maximum atomic E-state index is 13.3. The van der Waals surface area contributed by atoms with Crippen LogP contribution in [0.5, 0.6) is 0 Å². The first-order valence-electron chi connectivity index (χ1n) is 10.1. The number of carbonyl (C=O) groups excluding carboxylic acids is 3. The van der Waals surface area contributed by atoms with E-state index >= 15 is 0 Å². The van der Waals surface area contributed by atoms with E-state index < -0.39 is 64.4 Å². The molecule has 2 saturated carbocycles. The standard InChI is InChI=1S/C19H22F2O9S/c20-19(21,31(25,26)27)5-6-28-16(22)10-3-1-2-4-11(10)17(23)29-14-9-7-12-13(8-9)18(24)30-15(12)14/h8,10-15H,1-7H2,(H,25,26,27). The summed E-state index contributed by atoms with van der Waals surface area (Å²) in [6, 6.07) is 0. The van der Waals surface area contributed by atoms with Crippen molar-refractivity contribution in [3.8, 4) is 0 Å². The minimum absolute atomic E-state index is 0.0307. The first-order chi connectivity index (χ1) is 14.5. The Morgan fingerprint density at radius 1 is 1.19 bits per heavy atom. The van der Waals surface area contributed by atoms with Crippen LogP contribution in [0.4, 0.5) is 8.78 Å². The van der Waals surface area contributed by atoms with Crippen LogP contribution in [-0.4, -0.2) is 54.9 Å². The second-order valence-electron chi connectivity index (χ2n) is 8.42. The molecule has 4 aliphatic rings. The lowest BCUT2D eigenvalue weighted by Crippen LogP contribution is -2.39. The summed E-state index contributed by atoms with van der Waals surface area (Å²) in [5, 5.41) is -4.44. The molecule has 0 amide bonds. The van der Waals surface area contributed by atoms with Crippen LogP contribution in [-0.2, 0) is 38.7 Å². The van der Waals surface area contributed by atoms with Gasteiger partial charge in [0.15, 0.2) is 6.10 Å². The number of halogens is 2. The van der Waals surface area contributed by atoms with Gasteiger partial charge in [-0.1, -0.05) is 18.9 Å². The van der Waals surface area contributed by atoms with Gasteiger partial charge in [-0.05, 0) is 24.8 Å². The fraction of sp³-hybridized carbons (Fsp3) is 0.737. The Morgan fingerprint density at radius 2 is 1.84 bits per heavy atom. The van der Waals surface area contributed by atoms with E-state index in [0.29, 0.717) is 32.1 Å². The quantitative estimate of drug-likeness (QED) is 0.258. The van der Waals surface area contributed by atoms with Gasteiger partial charge in [0.05, 0.1) is 30.8 Å². The molecular weight excluding hydrogens is 442 g/mol. The Hall–Kier alpha value is -2.08. The Labute approximate surface area is 176 Å². The van der Waals surface area contributed by atoms with Crippen molar-refractivity contribution >= 4 is 28.0 Å². The first kappa shape index (κ1) is 22.1. The molecule has 9 nitrogen and oxygen atoms in total. The lowest BCUT2D eigenvalue weighted by atomic mass is 9.79. The van der Waals surface area contributed by atoms with Gasteiger partial charge in [0, 0.05) is 5.92 Å². The zero-order valence-corrected chi connectivity index (χ0v) is 17.2. The Bertz CT molecular complexity index is 929. The van der Waals surface area contributed by atoms with Crippen LogP contribution in [0, 0.1) is 23.7 Å². The highest BCUT2D eigenvalue weighted by atomic mass is 32.2. The van der Waals surface area contributed by atoms with Gasteiger partial charge < -0.3 is 14.2 Å². The Balaban J connectivity index is 1.36. The van der Waals surface area contributed by atoms with Gasteiger partial charge in [-0.15, -0.1) is 0 Å². The fourth-order valence-corrected chi connectivity index (χ4v) is 5.29. The van der Waals surface area contributed by atoms with E-state index in [9.17, 15) is 31.6 Å². The number of esters is 3. The molecule has 0 aromatic heterocycles. The van der Waals surface area contributed by atoms with Gasteiger partial charge in [-0.3, -0.25) is 18.9 Å². The molecule has 3 aliphatic carbocycles. The molecule has 12 heteroatoms. The summed E-state index contributed by atoms with van der Waals surface area (Å²) in [6.07, 6.45) is 1.75. The van der Waals surface area contributed by atoms with Gasteiger partial charge in [-0.25, -0.2) is 0 Å². The second-order valence-corrected chi connectivity index (χ2v) is 9.97. The molecule has 1 heterocycles. The van der Waals surface area contributed by atoms with E-state index in [1.807, 2.05) is 0 Å². The van der Waals surface area contributed by atoms with Crippen molar-refractivity contribution in [1.29, 1.82) is 0 Å². The highest BCUT2D eigenvalue weighted by Crippen LogP contribution is 2.51. The van der Waals surface area contributed by atoms with E-state index in [4.69, 9.17) is 18.8 Å². The predicted molar refractivity (Wildman–Crippen MR) is 97.0 cm³/mol. The SMILES string of the molecule is O=C1OC2C(OC(=O)C3CCCCC3C(=O)OCCC(F)(F)S(=O)(=O)O)C3=CC1C2C3. The van der Waals surface area contributed by atoms with Crippen LogP contribution in [0.1, 0.15) is 38.5 Å². The number of carbonyl (C=O) groups is 3. The van der Waals surface area contributed by atoms with Gasteiger partial charge in [-0.2, -0.15) is 17.2 Å². The van der Waals surface area contributed by atoms with E-state index in [1.54, 1.807) is 6.08 Å². The maximum Gasteiger partial charge on any atom is 0.373 e. The zero-order valence-electron chi connectivity index (χ0n) is 16.4.